The summed E-state index contributed by atoms with van der Waals surface area (Å²) >= 11 is 0. The van der Waals surface area contributed by atoms with Crippen molar-refractivity contribution in [1.82, 2.24) is 9.88 Å². The van der Waals surface area contributed by atoms with Crippen LogP contribution < -0.4 is 0 Å². The first-order chi connectivity index (χ1) is 8.18. The maximum Gasteiger partial charge on any atom is 0.0594 e. The summed E-state index contributed by atoms with van der Waals surface area (Å²) in [7, 11) is 0. The highest BCUT2D eigenvalue weighted by Gasteiger charge is 2.19. The van der Waals surface area contributed by atoms with Crippen LogP contribution in [0.4, 0.5) is 0 Å². The van der Waals surface area contributed by atoms with Gasteiger partial charge in [-0.3, -0.25) is 9.88 Å². The Morgan fingerprint density at radius 3 is 2.41 bits per heavy atom. The van der Waals surface area contributed by atoms with Gasteiger partial charge < -0.3 is 4.74 Å². The standard InChI is InChI=1S/C14H22N2O/c1-11(2)13-4-5-14(15-10-13)12(3)16-6-8-17-9-7-16/h4-5,10-12H,6-9H2,1-3H3. The zero-order valence-corrected chi connectivity index (χ0v) is 11.0. The number of aromatic nitrogens is 1. The third-order valence-corrected chi connectivity index (χ3v) is 3.50. The minimum Gasteiger partial charge on any atom is -0.379 e. The molecule has 0 N–H and O–H groups in total. The first-order valence-corrected chi connectivity index (χ1v) is 6.46. The molecule has 1 saturated heterocycles. The van der Waals surface area contributed by atoms with Gasteiger partial charge in [0.05, 0.1) is 18.9 Å². The lowest BCUT2D eigenvalue weighted by Crippen LogP contribution is -2.38. The highest BCUT2D eigenvalue weighted by molar-refractivity contribution is 5.18. The summed E-state index contributed by atoms with van der Waals surface area (Å²) in [4.78, 5) is 7.02. The van der Waals surface area contributed by atoms with E-state index in [4.69, 9.17) is 4.74 Å². The van der Waals surface area contributed by atoms with Crippen molar-refractivity contribution in [3.8, 4) is 0 Å². The van der Waals surface area contributed by atoms with Crippen LogP contribution in [0.3, 0.4) is 0 Å². The van der Waals surface area contributed by atoms with Crippen molar-refractivity contribution in [2.45, 2.75) is 32.7 Å². The molecule has 1 atom stereocenters. The number of nitrogens with zero attached hydrogens (tertiary/aromatic N) is 2. The van der Waals surface area contributed by atoms with Gasteiger partial charge in [-0.25, -0.2) is 0 Å². The van der Waals surface area contributed by atoms with Crippen molar-refractivity contribution in [1.29, 1.82) is 0 Å². The highest BCUT2D eigenvalue weighted by Crippen LogP contribution is 2.21. The summed E-state index contributed by atoms with van der Waals surface area (Å²) in [5, 5.41) is 0. The Labute approximate surface area is 104 Å². The van der Waals surface area contributed by atoms with Crippen molar-refractivity contribution >= 4 is 0 Å². The van der Waals surface area contributed by atoms with E-state index in [1.807, 2.05) is 6.20 Å². The number of hydrogen-bond donors (Lipinski definition) is 0. The minimum atomic E-state index is 0.389. The number of pyridine rings is 1. The summed E-state index contributed by atoms with van der Waals surface area (Å²) in [6.45, 7) is 10.3. The van der Waals surface area contributed by atoms with Gasteiger partial charge in [-0.1, -0.05) is 19.9 Å². The fourth-order valence-corrected chi connectivity index (χ4v) is 2.16. The van der Waals surface area contributed by atoms with Crippen molar-refractivity contribution in [2.24, 2.45) is 0 Å². The summed E-state index contributed by atoms with van der Waals surface area (Å²) in [5.74, 6) is 0.551. The van der Waals surface area contributed by atoms with E-state index in [1.165, 1.54) is 5.56 Å². The Morgan fingerprint density at radius 1 is 1.18 bits per heavy atom. The molecule has 1 aliphatic rings. The molecule has 2 heterocycles. The third kappa shape index (κ3) is 3.05. The molecule has 1 aliphatic heterocycles. The molecule has 0 aliphatic carbocycles. The Balaban J connectivity index is 2.05. The Kier molecular flexibility index (Phi) is 4.13. The first kappa shape index (κ1) is 12.5. The number of morpholine rings is 1. The summed E-state index contributed by atoms with van der Waals surface area (Å²) in [5.41, 5.74) is 2.47. The average Bonchev–Trinajstić information content (AvgIpc) is 2.39. The molecule has 3 heteroatoms. The maximum absolute atomic E-state index is 5.37. The Morgan fingerprint density at radius 2 is 1.88 bits per heavy atom. The van der Waals surface area contributed by atoms with Crippen LogP contribution in [0.5, 0.6) is 0 Å². The Hall–Kier alpha value is -0.930. The topological polar surface area (TPSA) is 25.4 Å². The molecule has 0 amide bonds. The second kappa shape index (κ2) is 5.61. The monoisotopic (exact) mass is 234 g/mol. The molecule has 3 nitrogen and oxygen atoms in total. The predicted octanol–water partition coefficient (Wildman–Crippen LogP) is 2.60. The van der Waals surface area contributed by atoms with Gasteiger partial charge in [0.25, 0.3) is 0 Å². The van der Waals surface area contributed by atoms with Gasteiger partial charge in [0.2, 0.25) is 0 Å². The lowest BCUT2D eigenvalue weighted by molar-refractivity contribution is 0.0190. The third-order valence-electron chi connectivity index (χ3n) is 3.50. The van der Waals surface area contributed by atoms with E-state index in [9.17, 15) is 0 Å². The smallest absolute Gasteiger partial charge is 0.0594 e. The summed E-state index contributed by atoms with van der Waals surface area (Å²) in [6.07, 6.45) is 2.01. The quantitative estimate of drug-likeness (QED) is 0.804. The van der Waals surface area contributed by atoms with Crippen LogP contribution in [-0.2, 0) is 4.74 Å². The van der Waals surface area contributed by atoms with Gasteiger partial charge in [-0.15, -0.1) is 0 Å². The van der Waals surface area contributed by atoms with Crippen LogP contribution >= 0.6 is 0 Å². The van der Waals surface area contributed by atoms with Gasteiger partial charge in [-0.2, -0.15) is 0 Å². The molecule has 2 rings (SSSR count). The van der Waals surface area contributed by atoms with Crippen LogP contribution in [0.15, 0.2) is 18.3 Å². The molecular weight excluding hydrogens is 212 g/mol. The average molecular weight is 234 g/mol. The number of hydrogen-bond acceptors (Lipinski definition) is 3. The Bertz CT molecular complexity index is 342. The lowest BCUT2D eigenvalue weighted by atomic mass is 10.0. The normalized spacial score (nSPS) is 19.5. The zero-order valence-electron chi connectivity index (χ0n) is 11.0. The molecule has 1 aromatic rings. The fourth-order valence-electron chi connectivity index (χ4n) is 2.16. The van der Waals surface area contributed by atoms with Crippen LogP contribution in [0.25, 0.3) is 0 Å². The maximum atomic E-state index is 5.37. The van der Waals surface area contributed by atoms with E-state index in [-0.39, 0.29) is 0 Å². The van der Waals surface area contributed by atoms with Gasteiger partial charge in [0.1, 0.15) is 0 Å². The van der Waals surface area contributed by atoms with Crippen LogP contribution in [0.1, 0.15) is 44.0 Å². The van der Waals surface area contributed by atoms with Crippen LogP contribution in [0.2, 0.25) is 0 Å². The van der Waals surface area contributed by atoms with Crippen molar-refractivity contribution in [3.05, 3.63) is 29.6 Å². The molecule has 0 radical (unpaired) electrons. The summed E-state index contributed by atoms with van der Waals surface area (Å²) < 4.78 is 5.37. The van der Waals surface area contributed by atoms with Gasteiger partial charge >= 0.3 is 0 Å². The number of ether oxygens (including phenoxy) is 1. The van der Waals surface area contributed by atoms with Gasteiger partial charge in [-0.05, 0) is 24.5 Å². The largest absolute Gasteiger partial charge is 0.379 e. The molecule has 17 heavy (non-hydrogen) atoms. The van der Waals surface area contributed by atoms with E-state index in [0.29, 0.717) is 12.0 Å². The first-order valence-electron chi connectivity index (χ1n) is 6.46. The SMILES string of the molecule is CC(C)c1ccc(C(C)N2CCOCC2)nc1. The van der Waals surface area contributed by atoms with Crippen molar-refractivity contribution in [2.75, 3.05) is 26.3 Å². The number of rotatable bonds is 3. The molecule has 0 spiro atoms. The van der Waals surface area contributed by atoms with Crippen LogP contribution in [0, 0.1) is 0 Å². The van der Waals surface area contributed by atoms with E-state index >= 15 is 0 Å². The lowest BCUT2D eigenvalue weighted by Gasteiger charge is -2.31. The molecule has 1 unspecified atom stereocenters. The van der Waals surface area contributed by atoms with Gasteiger partial charge in [0.15, 0.2) is 0 Å². The molecule has 0 saturated carbocycles. The molecule has 94 valence electrons. The summed E-state index contributed by atoms with van der Waals surface area (Å²) in [6, 6.07) is 4.75. The molecular formula is C14H22N2O. The molecule has 1 fully saturated rings. The minimum absolute atomic E-state index is 0.389. The molecule has 1 aromatic heterocycles. The molecule has 0 bridgehead atoms. The van der Waals surface area contributed by atoms with E-state index in [2.05, 4.69) is 42.8 Å². The van der Waals surface area contributed by atoms with E-state index in [1.54, 1.807) is 0 Å². The van der Waals surface area contributed by atoms with Crippen LogP contribution in [-0.4, -0.2) is 36.2 Å². The second-order valence-corrected chi connectivity index (χ2v) is 5.00. The highest BCUT2D eigenvalue weighted by atomic mass is 16.5. The fraction of sp³-hybridized carbons (Fsp3) is 0.643. The zero-order chi connectivity index (χ0) is 12.3. The van der Waals surface area contributed by atoms with E-state index < -0.39 is 0 Å². The second-order valence-electron chi connectivity index (χ2n) is 5.00. The molecule has 0 aromatic carbocycles. The van der Waals surface area contributed by atoms with Gasteiger partial charge in [0, 0.05) is 25.3 Å². The van der Waals surface area contributed by atoms with Crippen molar-refractivity contribution < 1.29 is 4.74 Å². The van der Waals surface area contributed by atoms with E-state index in [0.717, 1.165) is 32.0 Å². The van der Waals surface area contributed by atoms with Crippen molar-refractivity contribution in [3.63, 3.8) is 0 Å². The predicted molar refractivity (Wildman–Crippen MR) is 69.1 cm³/mol.